The second-order valence-electron chi connectivity index (χ2n) is 5.93. The summed E-state index contributed by atoms with van der Waals surface area (Å²) in [6.07, 6.45) is 2.65. The highest BCUT2D eigenvalue weighted by Gasteiger charge is 2.30. The fraction of sp³-hybridized carbons (Fsp3) is 0.438. The number of anilines is 1. The molecule has 1 fully saturated rings. The number of rotatable bonds is 3. The number of hydrogen-bond donors (Lipinski definition) is 1. The topological polar surface area (TPSA) is 80.4 Å². The van der Waals surface area contributed by atoms with Crippen molar-refractivity contribution in [2.24, 2.45) is 0 Å². The molecule has 0 unspecified atom stereocenters. The van der Waals surface area contributed by atoms with Crippen LogP contribution in [0.4, 0.5) is 5.82 Å². The highest BCUT2D eigenvalue weighted by Crippen LogP contribution is 2.25. The van der Waals surface area contributed by atoms with Crippen LogP contribution in [0.15, 0.2) is 22.7 Å². The molecule has 2 aromatic rings. The number of furan rings is 1. The standard InChI is InChI=1S/C16H20N4O3/c1-10-8-11(2)23-15(10)16(22)19-6-4-13(9-19)20-7-5-14(18-20)17-12(3)21/h5,7-8,13H,4,6,9H2,1-3H3,(H,17,18,21)/t13-/m1/s1. The van der Waals surface area contributed by atoms with Crippen LogP contribution in [0.5, 0.6) is 0 Å². The summed E-state index contributed by atoms with van der Waals surface area (Å²) in [5.74, 6) is 1.46. The first-order chi connectivity index (χ1) is 10.9. The molecule has 0 bridgehead atoms. The van der Waals surface area contributed by atoms with Crippen LogP contribution in [0.2, 0.25) is 0 Å². The molecule has 23 heavy (non-hydrogen) atoms. The van der Waals surface area contributed by atoms with Crippen LogP contribution in [-0.2, 0) is 4.79 Å². The monoisotopic (exact) mass is 316 g/mol. The van der Waals surface area contributed by atoms with Gasteiger partial charge in [-0.1, -0.05) is 0 Å². The third kappa shape index (κ3) is 3.13. The van der Waals surface area contributed by atoms with Gasteiger partial charge in [-0.2, -0.15) is 5.10 Å². The highest BCUT2D eigenvalue weighted by atomic mass is 16.4. The maximum atomic E-state index is 12.6. The molecule has 1 saturated heterocycles. The summed E-state index contributed by atoms with van der Waals surface area (Å²) < 4.78 is 7.32. The summed E-state index contributed by atoms with van der Waals surface area (Å²) in [5, 5.41) is 7.00. The van der Waals surface area contributed by atoms with Crippen LogP contribution >= 0.6 is 0 Å². The van der Waals surface area contributed by atoms with E-state index in [-0.39, 0.29) is 17.9 Å². The van der Waals surface area contributed by atoms with Crippen LogP contribution in [-0.4, -0.2) is 39.6 Å². The fourth-order valence-electron chi connectivity index (χ4n) is 2.93. The molecule has 1 aliphatic heterocycles. The van der Waals surface area contributed by atoms with Crippen LogP contribution in [0.1, 0.15) is 41.3 Å². The molecule has 122 valence electrons. The van der Waals surface area contributed by atoms with Crippen molar-refractivity contribution >= 4 is 17.6 Å². The van der Waals surface area contributed by atoms with Crippen molar-refractivity contribution in [1.82, 2.24) is 14.7 Å². The summed E-state index contributed by atoms with van der Waals surface area (Å²) in [7, 11) is 0. The van der Waals surface area contributed by atoms with Gasteiger partial charge in [0.15, 0.2) is 11.6 Å². The molecule has 2 aromatic heterocycles. The Kier molecular flexibility index (Phi) is 3.94. The van der Waals surface area contributed by atoms with Crippen LogP contribution < -0.4 is 5.32 Å². The first-order valence-corrected chi connectivity index (χ1v) is 7.63. The van der Waals surface area contributed by atoms with E-state index < -0.39 is 0 Å². The second-order valence-corrected chi connectivity index (χ2v) is 5.93. The molecule has 0 saturated carbocycles. The number of aromatic nitrogens is 2. The van der Waals surface area contributed by atoms with Gasteiger partial charge in [0.1, 0.15) is 5.76 Å². The predicted molar refractivity (Wildman–Crippen MR) is 84.3 cm³/mol. The average Bonchev–Trinajstić information content (AvgIpc) is 3.17. The van der Waals surface area contributed by atoms with Crippen molar-refractivity contribution in [3.05, 3.63) is 35.4 Å². The van der Waals surface area contributed by atoms with E-state index >= 15 is 0 Å². The van der Waals surface area contributed by atoms with Crippen molar-refractivity contribution in [2.75, 3.05) is 18.4 Å². The van der Waals surface area contributed by atoms with Crippen molar-refractivity contribution < 1.29 is 14.0 Å². The Labute approximate surface area is 134 Å². The molecular formula is C16H20N4O3. The third-order valence-electron chi connectivity index (χ3n) is 3.97. The van der Waals surface area contributed by atoms with Crippen molar-refractivity contribution in [3.63, 3.8) is 0 Å². The summed E-state index contributed by atoms with van der Waals surface area (Å²) in [6, 6.07) is 3.73. The molecule has 0 aromatic carbocycles. The summed E-state index contributed by atoms with van der Waals surface area (Å²) >= 11 is 0. The Morgan fingerprint density at radius 3 is 2.83 bits per heavy atom. The lowest BCUT2D eigenvalue weighted by Crippen LogP contribution is -2.29. The number of nitrogens with one attached hydrogen (secondary N) is 1. The highest BCUT2D eigenvalue weighted by molar-refractivity contribution is 5.93. The number of carbonyl (C=O) groups is 2. The Morgan fingerprint density at radius 1 is 1.39 bits per heavy atom. The smallest absolute Gasteiger partial charge is 0.289 e. The lowest BCUT2D eigenvalue weighted by atomic mass is 10.2. The van der Waals surface area contributed by atoms with E-state index in [1.54, 1.807) is 15.6 Å². The third-order valence-corrected chi connectivity index (χ3v) is 3.97. The fourth-order valence-corrected chi connectivity index (χ4v) is 2.93. The zero-order valence-electron chi connectivity index (χ0n) is 13.5. The number of hydrogen-bond acceptors (Lipinski definition) is 4. The van der Waals surface area contributed by atoms with Gasteiger partial charge in [-0.05, 0) is 26.3 Å². The Balaban J connectivity index is 1.68. The van der Waals surface area contributed by atoms with Gasteiger partial charge >= 0.3 is 0 Å². The molecule has 0 spiro atoms. The van der Waals surface area contributed by atoms with E-state index in [9.17, 15) is 9.59 Å². The minimum absolute atomic E-state index is 0.0765. The number of nitrogens with zero attached hydrogens (tertiary/aromatic N) is 3. The predicted octanol–water partition coefficient (Wildman–Crippen LogP) is 2.14. The van der Waals surface area contributed by atoms with E-state index in [0.29, 0.717) is 24.7 Å². The van der Waals surface area contributed by atoms with Gasteiger partial charge in [-0.15, -0.1) is 0 Å². The van der Waals surface area contributed by atoms with E-state index in [2.05, 4.69) is 10.4 Å². The van der Waals surface area contributed by atoms with E-state index in [1.807, 2.05) is 26.1 Å². The lowest BCUT2D eigenvalue weighted by molar-refractivity contribution is -0.114. The average molecular weight is 316 g/mol. The lowest BCUT2D eigenvalue weighted by Gasteiger charge is -2.15. The minimum atomic E-state index is -0.151. The number of aryl methyl sites for hydroxylation is 2. The number of amides is 2. The van der Waals surface area contributed by atoms with Crippen LogP contribution in [0.25, 0.3) is 0 Å². The largest absolute Gasteiger partial charge is 0.456 e. The molecule has 2 amide bonds. The van der Waals surface area contributed by atoms with Gasteiger partial charge in [0, 0.05) is 37.8 Å². The molecule has 7 nitrogen and oxygen atoms in total. The van der Waals surface area contributed by atoms with E-state index in [0.717, 1.165) is 17.7 Å². The molecule has 1 atom stereocenters. The van der Waals surface area contributed by atoms with Crippen molar-refractivity contribution in [2.45, 2.75) is 33.2 Å². The van der Waals surface area contributed by atoms with Crippen molar-refractivity contribution in [3.8, 4) is 0 Å². The summed E-state index contributed by atoms with van der Waals surface area (Å²) in [6.45, 7) is 6.41. The van der Waals surface area contributed by atoms with Gasteiger partial charge in [-0.3, -0.25) is 14.3 Å². The first kappa shape index (κ1) is 15.3. The quantitative estimate of drug-likeness (QED) is 0.940. The van der Waals surface area contributed by atoms with Gasteiger partial charge < -0.3 is 14.6 Å². The summed E-state index contributed by atoms with van der Waals surface area (Å²) in [4.78, 5) is 25.4. The molecule has 0 aliphatic carbocycles. The van der Waals surface area contributed by atoms with Crippen LogP contribution in [0, 0.1) is 13.8 Å². The molecular weight excluding hydrogens is 296 g/mol. The Hall–Kier alpha value is -2.57. The van der Waals surface area contributed by atoms with Crippen molar-refractivity contribution in [1.29, 1.82) is 0 Å². The number of likely N-dealkylation sites (tertiary alicyclic amines) is 1. The normalized spacial score (nSPS) is 17.5. The Morgan fingerprint density at radius 2 is 2.17 bits per heavy atom. The summed E-state index contributed by atoms with van der Waals surface area (Å²) in [5.41, 5.74) is 0.864. The van der Waals surface area contributed by atoms with Gasteiger partial charge in [0.25, 0.3) is 5.91 Å². The molecule has 0 radical (unpaired) electrons. The molecule has 3 rings (SSSR count). The van der Waals surface area contributed by atoms with Crippen LogP contribution in [0.3, 0.4) is 0 Å². The van der Waals surface area contributed by atoms with E-state index in [1.165, 1.54) is 6.92 Å². The second kappa shape index (κ2) is 5.91. The molecule has 1 N–H and O–H groups in total. The molecule has 1 aliphatic rings. The zero-order valence-corrected chi connectivity index (χ0v) is 13.5. The first-order valence-electron chi connectivity index (χ1n) is 7.63. The van der Waals surface area contributed by atoms with Gasteiger partial charge in [-0.25, -0.2) is 0 Å². The SMILES string of the molecule is CC(=O)Nc1ccn([C@@H]2CCN(C(=O)c3oc(C)cc3C)C2)n1. The van der Waals surface area contributed by atoms with E-state index in [4.69, 9.17) is 4.42 Å². The number of carbonyl (C=O) groups excluding carboxylic acids is 2. The molecule has 3 heterocycles. The minimum Gasteiger partial charge on any atom is -0.456 e. The maximum Gasteiger partial charge on any atom is 0.289 e. The van der Waals surface area contributed by atoms with Gasteiger partial charge in [0.05, 0.1) is 6.04 Å². The van der Waals surface area contributed by atoms with Gasteiger partial charge in [0.2, 0.25) is 5.91 Å². The molecule has 7 heteroatoms. The maximum absolute atomic E-state index is 12.6. The Bertz CT molecular complexity index is 746. The zero-order chi connectivity index (χ0) is 16.6.